The molecular weight excluding hydrogens is 345 g/mol. The summed E-state index contributed by atoms with van der Waals surface area (Å²) in [6.07, 6.45) is 1.83. The predicted molar refractivity (Wildman–Crippen MR) is 90.5 cm³/mol. The summed E-state index contributed by atoms with van der Waals surface area (Å²) in [6, 6.07) is 11.2. The molecule has 22 heavy (non-hydrogen) atoms. The molecule has 3 rings (SSSR count). The Labute approximate surface area is 138 Å². The lowest BCUT2D eigenvalue weighted by atomic mass is 10.1. The van der Waals surface area contributed by atoms with E-state index in [4.69, 9.17) is 0 Å². The third-order valence-electron chi connectivity index (χ3n) is 4.23. The molecule has 1 aromatic heterocycles. The normalized spacial score (nSPS) is 17.5. The molecule has 1 unspecified atom stereocenters. The van der Waals surface area contributed by atoms with Gasteiger partial charge in [-0.15, -0.1) is 0 Å². The third-order valence-corrected chi connectivity index (χ3v) is 4.70. The van der Waals surface area contributed by atoms with Gasteiger partial charge in [0.2, 0.25) is 0 Å². The first-order valence-electron chi connectivity index (χ1n) is 7.49. The molecule has 0 spiro atoms. The molecule has 1 aromatic carbocycles. The summed E-state index contributed by atoms with van der Waals surface area (Å²) in [5.41, 5.74) is 1.04. The standard InChI is InChI=1S/C17H19BrFN3/c1-13(14-3-2-4-16(19)11-14)21-7-9-22(10-8-21)17-6-5-15(18)12-20-17/h2-6,11-13H,7-10H2,1H3. The Morgan fingerprint density at radius 1 is 1.14 bits per heavy atom. The zero-order chi connectivity index (χ0) is 15.5. The lowest BCUT2D eigenvalue weighted by molar-refractivity contribution is 0.198. The van der Waals surface area contributed by atoms with Crippen molar-refractivity contribution in [3.63, 3.8) is 0 Å². The zero-order valence-corrected chi connectivity index (χ0v) is 14.1. The number of benzene rings is 1. The first-order chi connectivity index (χ1) is 10.6. The summed E-state index contributed by atoms with van der Waals surface area (Å²) in [5.74, 6) is 0.850. The molecule has 1 saturated heterocycles. The highest BCUT2D eigenvalue weighted by molar-refractivity contribution is 9.10. The van der Waals surface area contributed by atoms with Crippen molar-refractivity contribution >= 4 is 21.7 Å². The van der Waals surface area contributed by atoms with Gasteiger partial charge in [0.15, 0.2) is 0 Å². The lowest BCUT2D eigenvalue weighted by Crippen LogP contribution is -2.47. The van der Waals surface area contributed by atoms with Gasteiger partial charge in [0.05, 0.1) is 0 Å². The summed E-state index contributed by atoms with van der Waals surface area (Å²) in [6.45, 7) is 5.93. The molecule has 0 N–H and O–H groups in total. The molecule has 1 atom stereocenters. The Hall–Kier alpha value is -1.46. The van der Waals surface area contributed by atoms with Gasteiger partial charge in [-0.05, 0) is 52.7 Å². The monoisotopic (exact) mass is 363 g/mol. The average molecular weight is 364 g/mol. The van der Waals surface area contributed by atoms with E-state index >= 15 is 0 Å². The van der Waals surface area contributed by atoms with Crippen molar-refractivity contribution in [1.29, 1.82) is 0 Å². The second-order valence-electron chi connectivity index (χ2n) is 5.59. The van der Waals surface area contributed by atoms with Crippen LogP contribution in [0.25, 0.3) is 0 Å². The molecule has 2 heterocycles. The van der Waals surface area contributed by atoms with Crippen LogP contribution in [0.2, 0.25) is 0 Å². The van der Waals surface area contributed by atoms with Crippen LogP contribution < -0.4 is 4.90 Å². The third kappa shape index (κ3) is 3.47. The number of rotatable bonds is 3. The minimum atomic E-state index is -0.165. The molecule has 1 fully saturated rings. The minimum Gasteiger partial charge on any atom is -0.354 e. The minimum absolute atomic E-state index is 0.165. The highest BCUT2D eigenvalue weighted by Crippen LogP contribution is 2.24. The van der Waals surface area contributed by atoms with E-state index in [2.05, 4.69) is 37.6 Å². The molecular formula is C17H19BrFN3. The smallest absolute Gasteiger partial charge is 0.128 e. The van der Waals surface area contributed by atoms with E-state index in [0.717, 1.165) is 42.0 Å². The second-order valence-corrected chi connectivity index (χ2v) is 6.50. The van der Waals surface area contributed by atoms with E-state index in [1.165, 1.54) is 6.07 Å². The Morgan fingerprint density at radius 3 is 2.55 bits per heavy atom. The fraction of sp³-hybridized carbons (Fsp3) is 0.353. The molecule has 2 aromatic rings. The number of pyridine rings is 1. The summed E-state index contributed by atoms with van der Waals surface area (Å²) < 4.78 is 14.4. The Bertz CT molecular complexity index is 624. The van der Waals surface area contributed by atoms with Gasteiger partial charge in [-0.3, -0.25) is 4.90 Å². The molecule has 0 bridgehead atoms. The van der Waals surface area contributed by atoms with Gasteiger partial charge in [0, 0.05) is 42.9 Å². The number of halogens is 2. The number of nitrogens with zero attached hydrogens (tertiary/aromatic N) is 3. The van der Waals surface area contributed by atoms with Crippen LogP contribution in [0.4, 0.5) is 10.2 Å². The largest absolute Gasteiger partial charge is 0.354 e. The Balaban J connectivity index is 1.62. The summed E-state index contributed by atoms with van der Waals surface area (Å²) in [4.78, 5) is 9.14. The molecule has 0 saturated carbocycles. The van der Waals surface area contributed by atoms with Crippen molar-refractivity contribution in [2.24, 2.45) is 0 Å². The maximum Gasteiger partial charge on any atom is 0.128 e. The number of hydrogen-bond donors (Lipinski definition) is 0. The van der Waals surface area contributed by atoms with Crippen molar-refractivity contribution in [2.45, 2.75) is 13.0 Å². The maximum absolute atomic E-state index is 13.4. The van der Waals surface area contributed by atoms with E-state index in [-0.39, 0.29) is 11.9 Å². The predicted octanol–water partition coefficient (Wildman–Crippen LogP) is 3.87. The van der Waals surface area contributed by atoms with Crippen molar-refractivity contribution in [3.05, 3.63) is 58.4 Å². The van der Waals surface area contributed by atoms with Gasteiger partial charge in [0.25, 0.3) is 0 Å². The van der Waals surface area contributed by atoms with Crippen molar-refractivity contribution in [2.75, 3.05) is 31.1 Å². The SMILES string of the molecule is CC(c1cccc(F)c1)N1CCN(c2ccc(Br)cn2)CC1. The van der Waals surface area contributed by atoms with Crippen LogP contribution in [0.1, 0.15) is 18.5 Å². The van der Waals surface area contributed by atoms with Crippen LogP contribution in [-0.4, -0.2) is 36.1 Å². The first kappa shape index (κ1) is 15.4. The highest BCUT2D eigenvalue weighted by atomic mass is 79.9. The van der Waals surface area contributed by atoms with Gasteiger partial charge in [-0.25, -0.2) is 9.37 Å². The van der Waals surface area contributed by atoms with Crippen molar-refractivity contribution < 1.29 is 4.39 Å². The number of aromatic nitrogens is 1. The fourth-order valence-corrected chi connectivity index (χ4v) is 3.11. The molecule has 0 aliphatic carbocycles. The molecule has 1 aliphatic heterocycles. The van der Waals surface area contributed by atoms with Gasteiger partial charge >= 0.3 is 0 Å². The fourth-order valence-electron chi connectivity index (χ4n) is 2.87. The molecule has 1 aliphatic rings. The van der Waals surface area contributed by atoms with Crippen LogP contribution >= 0.6 is 15.9 Å². The average Bonchev–Trinajstić information content (AvgIpc) is 2.55. The van der Waals surface area contributed by atoms with E-state index in [0.29, 0.717) is 0 Å². The van der Waals surface area contributed by atoms with Crippen LogP contribution in [0.5, 0.6) is 0 Å². The Kier molecular flexibility index (Phi) is 4.74. The summed E-state index contributed by atoms with van der Waals surface area (Å²) in [5, 5.41) is 0. The van der Waals surface area contributed by atoms with Crippen LogP contribution in [0, 0.1) is 5.82 Å². The Morgan fingerprint density at radius 2 is 1.91 bits per heavy atom. The number of piperazine rings is 1. The maximum atomic E-state index is 13.4. The lowest BCUT2D eigenvalue weighted by Gasteiger charge is -2.38. The van der Waals surface area contributed by atoms with Crippen LogP contribution in [0.3, 0.4) is 0 Å². The van der Waals surface area contributed by atoms with Crippen LogP contribution in [-0.2, 0) is 0 Å². The molecule has 5 heteroatoms. The van der Waals surface area contributed by atoms with Crippen molar-refractivity contribution in [1.82, 2.24) is 9.88 Å². The number of anilines is 1. The topological polar surface area (TPSA) is 19.4 Å². The summed E-state index contributed by atoms with van der Waals surface area (Å²) >= 11 is 3.41. The van der Waals surface area contributed by atoms with Crippen LogP contribution in [0.15, 0.2) is 47.1 Å². The molecule has 116 valence electrons. The molecule has 3 nitrogen and oxygen atoms in total. The second kappa shape index (κ2) is 6.75. The van der Waals surface area contributed by atoms with Gasteiger partial charge in [-0.1, -0.05) is 12.1 Å². The van der Waals surface area contributed by atoms with E-state index < -0.39 is 0 Å². The molecule has 0 amide bonds. The zero-order valence-electron chi connectivity index (χ0n) is 12.5. The van der Waals surface area contributed by atoms with E-state index in [1.807, 2.05) is 24.4 Å². The van der Waals surface area contributed by atoms with E-state index in [9.17, 15) is 4.39 Å². The van der Waals surface area contributed by atoms with Gasteiger partial charge < -0.3 is 4.90 Å². The van der Waals surface area contributed by atoms with Crippen molar-refractivity contribution in [3.8, 4) is 0 Å². The molecule has 0 radical (unpaired) electrons. The van der Waals surface area contributed by atoms with Gasteiger partial charge in [0.1, 0.15) is 11.6 Å². The van der Waals surface area contributed by atoms with E-state index in [1.54, 1.807) is 12.1 Å². The number of hydrogen-bond acceptors (Lipinski definition) is 3. The van der Waals surface area contributed by atoms with Gasteiger partial charge in [-0.2, -0.15) is 0 Å². The summed E-state index contributed by atoms with van der Waals surface area (Å²) in [7, 11) is 0. The highest BCUT2D eigenvalue weighted by Gasteiger charge is 2.22. The first-order valence-corrected chi connectivity index (χ1v) is 8.29. The quantitative estimate of drug-likeness (QED) is 0.825.